The molecule has 118 valence electrons. The van der Waals surface area contributed by atoms with E-state index in [-0.39, 0.29) is 5.54 Å². The molecule has 0 radical (unpaired) electrons. The third-order valence-electron chi connectivity index (χ3n) is 4.04. The number of likely N-dealkylation sites (tertiary alicyclic amines) is 1. The first-order chi connectivity index (χ1) is 9.39. The van der Waals surface area contributed by atoms with Crippen LogP contribution in [0, 0.1) is 11.8 Å². The molecule has 1 heterocycles. The highest BCUT2D eigenvalue weighted by molar-refractivity contribution is 5.79. The molecular formula is C16H34N4. The van der Waals surface area contributed by atoms with Crippen LogP contribution in [0.2, 0.25) is 0 Å². The third-order valence-corrected chi connectivity index (χ3v) is 4.04. The van der Waals surface area contributed by atoms with Crippen molar-refractivity contribution in [3.05, 3.63) is 0 Å². The average Bonchev–Trinajstić information content (AvgIpc) is 2.35. The molecule has 1 aliphatic heterocycles. The molecule has 0 amide bonds. The van der Waals surface area contributed by atoms with Crippen LogP contribution >= 0.6 is 0 Å². The van der Waals surface area contributed by atoms with Gasteiger partial charge in [-0.3, -0.25) is 9.89 Å². The zero-order valence-corrected chi connectivity index (χ0v) is 14.3. The van der Waals surface area contributed by atoms with Gasteiger partial charge >= 0.3 is 0 Å². The standard InChI is InChI=1S/C16H34N4/c1-7-17-15(18-8-2)19-12-16(5,6)20-10-13(3)9-14(4)11-20/h13-14H,7-12H2,1-6H3,(H2,17,18,19). The van der Waals surface area contributed by atoms with Gasteiger partial charge in [-0.2, -0.15) is 0 Å². The minimum atomic E-state index is 0.124. The van der Waals surface area contributed by atoms with Crippen LogP contribution in [-0.4, -0.2) is 49.1 Å². The van der Waals surface area contributed by atoms with Gasteiger partial charge in [0.2, 0.25) is 0 Å². The van der Waals surface area contributed by atoms with Crippen molar-refractivity contribution in [2.45, 2.75) is 53.5 Å². The maximum Gasteiger partial charge on any atom is 0.191 e. The smallest absolute Gasteiger partial charge is 0.191 e. The fourth-order valence-electron chi connectivity index (χ4n) is 3.04. The minimum absolute atomic E-state index is 0.124. The van der Waals surface area contributed by atoms with E-state index < -0.39 is 0 Å². The summed E-state index contributed by atoms with van der Waals surface area (Å²) in [5.74, 6) is 2.52. The van der Waals surface area contributed by atoms with Crippen LogP contribution < -0.4 is 10.6 Å². The zero-order chi connectivity index (χ0) is 15.2. The normalized spacial score (nSPS) is 24.3. The number of hydrogen-bond donors (Lipinski definition) is 2. The molecule has 4 heteroatoms. The molecule has 0 aliphatic carbocycles. The number of hydrogen-bond acceptors (Lipinski definition) is 2. The molecule has 4 nitrogen and oxygen atoms in total. The SMILES string of the molecule is CCNC(=NCC(C)(C)N1CC(C)CC(C)C1)NCC. The maximum absolute atomic E-state index is 4.75. The van der Waals surface area contributed by atoms with E-state index >= 15 is 0 Å². The van der Waals surface area contributed by atoms with Gasteiger partial charge in [0.25, 0.3) is 0 Å². The highest BCUT2D eigenvalue weighted by Gasteiger charge is 2.32. The largest absolute Gasteiger partial charge is 0.357 e. The molecule has 0 aromatic rings. The van der Waals surface area contributed by atoms with Gasteiger partial charge in [0.1, 0.15) is 0 Å². The van der Waals surface area contributed by atoms with Crippen LogP contribution in [-0.2, 0) is 0 Å². The predicted molar refractivity (Wildman–Crippen MR) is 88.3 cm³/mol. The first-order valence-electron chi connectivity index (χ1n) is 8.16. The fraction of sp³-hybridized carbons (Fsp3) is 0.938. The first-order valence-corrected chi connectivity index (χ1v) is 8.16. The van der Waals surface area contributed by atoms with Crippen molar-refractivity contribution >= 4 is 5.96 Å². The Morgan fingerprint density at radius 3 is 2.05 bits per heavy atom. The van der Waals surface area contributed by atoms with Gasteiger partial charge in [-0.25, -0.2) is 0 Å². The molecule has 2 unspecified atom stereocenters. The van der Waals surface area contributed by atoms with Gasteiger partial charge in [0, 0.05) is 31.7 Å². The molecule has 1 rings (SSSR count). The summed E-state index contributed by atoms with van der Waals surface area (Å²) in [4.78, 5) is 7.37. The van der Waals surface area contributed by atoms with Crippen LogP contribution in [0.25, 0.3) is 0 Å². The van der Waals surface area contributed by atoms with Gasteiger partial charge < -0.3 is 10.6 Å². The summed E-state index contributed by atoms with van der Waals surface area (Å²) < 4.78 is 0. The van der Waals surface area contributed by atoms with E-state index in [1.165, 1.54) is 19.5 Å². The van der Waals surface area contributed by atoms with Gasteiger partial charge in [-0.1, -0.05) is 13.8 Å². The summed E-state index contributed by atoms with van der Waals surface area (Å²) in [5, 5.41) is 6.59. The fourth-order valence-corrected chi connectivity index (χ4v) is 3.04. The number of aliphatic imine (C=N–C) groups is 1. The molecular weight excluding hydrogens is 248 g/mol. The Labute approximate surface area is 125 Å². The van der Waals surface area contributed by atoms with Gasteiger partial charge in [0.05, 0.1) is 6.54 Å². The first kappa shape index (κ1) is 17.3. The number of piperidine rings is 1. The van der Waals surface area contributed by atoms with E-state index in [4.69, 9.17) is 4.99 Å². The Balaban J connectivity index is 2.64. The second kappa shape index (κ2) is 7.87. The highest BCUT2D eigenvalue weighted by atomic mass is 15.2. The van der Waals surface area contributed by atoms with Crippen molar-refractivity contribution in [1.82, 2.24) is 15.5 Å². The molecule has 0 saturated carbocycles. The Morgan fingerprint density at radius 2 is 1.60 bits per heavy atom. The van der Waals surface area contributed by atoms with Crippen LogP contribution in [0.3, 0.4) is 0 Å². The maximum atomic E-state index is 4.75. The molecule has 1 fully saturated rings. The van der Waals surface area contributed by atoms with E-state index in [0.717, 1.165) is 37.4 Å². The summed E-state index contributed by atoms with van der Waals surface area (Å²) >= 11 is 0. The number of nitrogens with one attached hydrogen (secondary N) is 2. The lowest BCUT2D eigenvalue weighted by Crippen LogP contribution is -2.53. The summed E-state index contributed by atoms with van der Waals surface area (Å²) in [6.45, 7) is 18.6. The summed E-state index contributed by atoms with van der Waals surface area (Å²) in [7, 11) is 0. The van der Waals surface area contributed by atoms with Crippen molar-refractivity contribution in [3.63, 3.8) is 0 Å². The molecule has 2 N–H and O–H groups in total. The van der Waals surface area contributed by atoms with Crippen LogP contribution in [0.1, 0.15) is 48.0 Å². The highest BCUT2D eigenvalue weighted by Crippen LogP contribution is 2.27. The Hall–Kier alpha value is -0.770. The quantitative estimate of drug-likeness (QED) is 0.600. The lowest BCUT2D eigenvalue weighted by Gasteiger charge is -2.44. The Kier molecular flexibility index (Phi) is 6.80. The number of guanidine groups is 1. The zero-order valence-electron chi connectivity index (χ0n) is 14.3. The van der Waals surface area contributed by atoms with Gasteiger partial charge in [0.15, 0.2) is 5.96 Å². The third kappa shape index (κ3) is 5.31. The molecule has 2 atom stereocenters. The number of rotatable bonds is 5. The summed E-state index contributed by atoms with van der Waals surface area (Å²) in [5.41, 5.74) is 0.124. The van der Waals surface area contributed by atoms with Crippen molar-refractivity contribution in [1.29, 1.82) is 0 Å². The Morgan fingerprint density at radius 1 is 1.10 bits per heavy atom. The van der Waals surface area contributed by atoms with E-state index in [9.17, 15) is 0 Å². The summed E-state index contributed by atoms with van der Waals surface area (Å²) in [6.07, 6.45) is 1.36. The molecule has 0 spiro atoms. The Bertz CT molecular complexity index is 294. The average molecular weight is 282 g/mol. The predicted octanol–water partition coefficient (Wildman–Crippen LogP) is 2.32. The molecule has 20 heavy (non-hydrogen) atoms. The van der Waals surface area contributed by atoms with Crippen LogP contribution in [0.4, 0.5) is 0 Å². The van der Waals surface area contributed by atoms with Gasteiger partial charge in [-0.05, 0) is 46.0 Å². The molecule has 1 saturated heterocycles. The molecule has 1 aliphatic rings. The lowest BCUT2D eigenvalue weighted by molar-refractivity contribution is 0.0512. The van der Waals surface area contributed by atoms with Gasteiger partial charge in [-0.15, -0.1) is 0 Å². The summed E-state index contributed by atoms with van der Waals surface area (Å²) in [6, 6.07) is 0. The number of nitrogens with zero attached hydrogens (tertiary/aromatic N) is 2. The van der Waals surface area contributed by atoms with Crippen molar-refractivity contribution in [2.24, 2.45) is 16.8 Å². The second-order valence-electron chi connectivity index (χ2n) is 6.89. The van der Waals surface area contributed by atoms with Crippen LogP contribution in [0.5, 0.6) is 0 Å². The minimum Gasteiger partial charge on any atom is -0.357 e. The van der Waals surface area contributed by atoms with E-state index in [1.54, 1.807) is 0 Å². The van der Waals surface area contributed by atoms with E-state index in [0.29, 0.717) is 0 Å². The van der Waals surface area contributed by atoms with E-state index in [2.05, 4.69) is 57.1 Å². The van der Waals surface area contributed by atoms with Crippen molar-refractivity contribution in [2.75, 3.05) is 32.7 Å². The van der Waals surface area contributed by atoms with E-state index in [1.807, 2.05) is 0 Å². The molecule has 0 bridgehead atoms. The molecule has 0 aromatic carbocycles. The van der Waals surface area contributed by atoms with Crippen molar-refractivity contribution < 1.29 is 0 Å². The second-order valence-corrected chi connectivity index (χ2v) is 6.89. The molecule has 0 aromatic heterocycles. The van der Waals surface area contributed by atoms with Crippen molar-refractivity contribution in [3.8, 4) is 0 Å². The monoisotopic (exact) mass is 282 g/mol. The van der Waals surface area contributed by atoms with Crippen LogP contribution in [0.15, 0.2) is 4.99 Å². The topological polar surface area (TPSA) is 39.7 Å². The lowest BCUT2D eigenvalue weighted by atomic mass is 9.88.